The summed E-state index contributed by atoms with van der Waals surface area (Å²) in [6.07, 6.45) is 3.70. The van der Waals surface area contributed by atoms with Crippen molar-refractivity contribution in [2.24, 2.45) is 0 Å². The molecule has 1 aromatic rings. The van der Waals surface area contributed by atoms with Crippen LogP contribution in [0.3, 0.4) is 0 Å². The molecule has 1 aliphatic heterocycles. The SMILES string of the molecule is CCCN(Cc1ccc(F)c(Br)c1)CC1CCCN1. The highest BCUT2D eigenvalue weighted by atomic mass is 79.9. The van der Waals surface area contributed by atoms with Gasteiger partial charge in [-0.05, 0) is 66.0 Å². The van der Waals surface area contributed by atoms with E-state index < -0.39 is 0 Å². The molecule has 1 saturated heterocycles. The maximum atomic E-state index is 13.2. The highest BCUT2D eigenvalue weighted by Crippen LogP contribution is 2.18. The lowest BCUT2D eigenvalue weighted by Gasteiger charge is -2.25. The van der Waals surface area contributed by atoms with Crippen molar-refractivity contribution < 1.29 is 4.39 Å². The van der Waals surface area contributed by atoms with Crippen LogP contribution in [0.25, 0.3) is 0 Å². The predicted octanol–water partition coefficient (Wildman–Crippen LogP) is 3.55. The van der Waals surface area contributed by atoms with E-state index in [1.807, 2.05) is 12.1 Å². The number of hydrogen-bond donors (Lipinski definition) is 1. The number of nitrogens with zero attached hydrogens (tertiary/aromatic N) is 1. The highest BCUT2D eigenvalue weighted by Gasteiger charge is 2.17. The average Bonchev–Trinajstić information content (AvgIpc) is 2.87. The molecule has 1 heterocycles. The lowest BCUT2D eigenvalue weighted by atomic mass is 10.1. The largest absolute Gasteiger partial charge is 0.313 e. The maximum absolute atomic E-state index is 13.2. The van der Waals surface area contributed by atoms with E-state index in [2.05, 4.69) is 33.1 Å². The van der Waals surface area contributed by atoms with Crippen LogP contribution >= 0.6 is 15.9 Å². The lowest BCUT2D eigenvalue weighted by Crippen LogP contribution is -2.37. The zero-order valence-electron chi connectivity index (χ0n) is 11.5. The zero-order valence-corrected chi connectivity index (χ0v) is 13.0. The summed E-state index contributed by atoms with van der Waals surface area (Å²) in [7, 11) is 0. The van der Waals surface area contributed by atoms with Crippen molar-refractivity contribution in [1.82, 2.24) is 10.2 Å². The molecule has 106 valence electrons. The summed E-state index contributed by atoms with van der Waals surface area (Å²) in [5.41, 5.74) is 1.17. The van der Waals surface area contributed by atoms with Gasteiger partial charge in [0.2, 0.25) is 0 Å². The normalized spacial score (nSPS) is 19.3. The van der Waals surface area contributed by atoms with E-state index in [1.165, 1.54) is 24.5 Å². The predicted molar refractivity (Wildman–Crippen MR) is 80.7 cm³/mol. The fourth-order valence-electron chi connectivity index (χ4n) is 2.67. The Bertz CT molecular complexity index is 405. The number of halogens is 2. The third-order valence-corrected chi connectivity index (χ3v) is 4.18. The van der Waals surface area contributed by atoms with E-state index in [0.29, 0.717) is 10.5 Å². The Morgan fingerprint density at radius 1 is 1.47 bits per heavy atom. The van der Waals surface area contributed by atoms with Crippen LogP contribution in [0.15, 0.2) is 22.7 Å². The third-order valence-electron chi connectivity index (χ3n) is 3.57. The smallest absolute Gasteiger partial charge is 0.137 e. The van der Waals surface area contributed by atoms with Crippen LogP contribution in [0.4, 0.5) is 4.39 Å². The molecular weight excluding hydrogens is 307 g/mol. The molecule has 0 spiro atoms. The summed E-state index contributed by atoms with van der Waals surface area (Å²) in [5, 5.41) is 3.54. The third kappa shape index (κ3) is 4.55. The summed E-state index contributed by atoms with van der Waals surface area (Å²) in [4.78, 5) is 2.46. The van der Waals surface area contributed by atoms with Crippen molar-refractivity contribution in [1.29, 1.82) is 0 Å². The van der Waals surface area contributed by atoms with Crippen molar-refractivity contribution in [2.75, 3.05) is 19.6 Å². The lowest BCUT2D eigenvalue weighted by molar-refractivity contribution is 0.241. The minimum atomic E-state index is -0.191. The minimum absolute atomic E-state index is 0.191. The molecule has 1 unspecified atom stereocenters. The summed E-state index contributed by atoms with van der Waals surface area (Å²) >= 11 is 3.26. The topological polar surface area (TPSA) is 15.3 Å². The van der Waals surface area contributed by atoms with E-state index >= 15 is 0 Å². The van der Waals surface area contributed by atoms with E-state index in [0.717, 1.165) is 32.6 Å². The Hall–Kier alpha value is -0.450. The number of benzene rings is 1. The molecule has 0 aromatic heterocycles. The summed E-state index contributed by atoms with van der Waals surface area (Å²) in [6.45, 7) is 6.42. The van der Waals surface area contributed by atoms with Gasteiger partial charge in [-0.3, -0.25) is 4.90 Å². The minimum Gasteiger partial charge on any atom is -0.313 e. The quantitative estimate of drug-likeness (QED) is 0.859. The second-order valence-corrected chi connectivity index (χ2v) is 6.13. The molecule has 1 aromatic carbocycles. The van der Waals surface area contributed by atoms with Crippen LogP contribution in [0, 0.1) is 5.82 Å². The molecule has 2 nitrogen and oxygen atoms in total. The van der Waals surface area contributed by atoms with Gasteiger partial charge in [-0.1, -0.05) is 13.0 Å². The molecule has 0 radical (unpaired) electrons. The zero-order chi connectivity index (χ0) is 13.7. The van der Waals surface area contributed by atoms with Crippen LogP contribution in [0.2, 0.25) is 0 Å². The van der Waals surface area contributed by atoms with Crippen molar-refractivity contribution in [2.45, 2.75) is 38.8 Å². The van der Waals surface area contributed by atoms with Crippen LogP contribution in [0.1, 0.15) is 31.7 Å². The molecule has 0 saturated carbocycles. The second kappa shape index (κ2) is 7.36. The number of rotatable bonds is 6. The molecule has 1 aliphatic rings. The van der Waals surface area contributed by atoms with Gasteiger partial charge in [0.1, 0.15) is 5.82 Å². The summed E-state index contributed by atoms with van der Waals surface area (Å²) in [6, 6.07) is 5.93. The molecule has 4 heteroatoms. The van der Waals surface area contributed by atoms with Crippen molar-refractivity contribution in [3.05, 3.63) is 34.1 Å². The summed E-state index contributed by atoms with van der Waals surface area (Å²) < 4.78 is 13.8. The molecule has 0 bridgehead atoms. The van der Waals surface area contributed by atoms with Gasteiger partial charge in [-0.25, -0.2) is 4.39 Å². The van der Waals surface area contributed by atoms with Gasteiger partial charge >= 0.3 is 0 Å². The first-order valence-electron chi connectivity index (χ1n) is 7.08. The van der Waals surface area contributed by atoms with Gasteiger partial charge in [-0.2, -0.15) is 0 Å². The van der Waals surface area contributed by atoms with E-state index in [-0.39, 0.29) is 5.82 Å². The van der Waals surface area contributed by atoms with Gasteiger partial charge in [-0.15, -0.1) is 0 Å². The fourth-order valence-corrected chi connectivity index (χ4v) is 3.10. The maximum Gasteiger partial charge on any atom is 0.137 e. The molecule has 1 N–H and O–H groups in total. The molecule has 1 atom stereocenters. The Balaban J connectivity index is 1.96. The summed E-state index contributed by atoms with van der Waals surface area (Å²) in [5.74, 6) is -0.191. The molecule has 0 amide bonds. The van der Waals surface area contributed by atoms with E-state index in [1.54, 1.807) is 0 Å². The molecule has 2 rings (SSSR count). The first-order chi connectivity index (χ1) is 9.19. The number of nitrogens with one attached hydrogen (secondary N) is 1. The first kappa shape index (κ1) is 14.9. The van der Waals surface area contributed by atoms with Gasteiger partial charge in [0.05, 0.1) is 4.47 Å². The molecule has 0 aliphatic carbocycles. The highest BCUT2D eigenvalue weighted by molar-refractivity contribution is 9.10. The Morgan fingerprint density at radius 2 is 2.32 bits per heavy atom. The Morgan fingerprint density at radius 3 is 2.95 bits per heavy atom. The average molecular weight is 329 g/mol. The standard InChI is InChI=1S/C15H22BrFN2/c1-2-8-19(11-13-4-3-7-18-13)10-12-5-6-15(17)14(16)9-12/h5-6,9,13,18H,2-4,7-8,10-11H2,1H3. The second-order valence-electron chi connectivity index (χ2n) is 5.28. The van der Waals surface area contributed by atoms with Gasteiger partial charge in [0.25, 0.3) is 0 Å². The van der Waals surface area contributed by atoms with Crippen molar-refractivity contribution >= 4 is 15.9 Å². The number of hydrogen-bond acceptors (Lipinski definition) is 2. The fraction of sp³-hybridized carbons (Fsp3) is 0.600. The van der Waals surface area contributed by atoms with E-state index in [4.69, 9.17) is 0 Å². The Kier molecular flexibility index (Phi) is 5.79. The Labute approximate surface area is 123 Å². The van der Waals surface area contributed by atoms with Gasteiger partial charge in [0.15, 0.2) is 0 Å². The van der Waals surface area contributed by atoms with Crippen molar-refractivity contribution in [3.63, 3.8) is 0 Å². The van der Waals surface area contributed by atoms with Crippen LogP contribution < -0.4 is 5.32 Å². The van der Waals surface area contributed by atoms with Crippen LogP contribution in [0.5, 0.6) is 0 Å². The molecule has 1 fully saturated rings. The van der Waals surface area contributed by atoms with Crippen LogP contribution in [-0.4, -0.2) is 30.6 Å². The van der Waals surface area contributed by atoms with Crippen molar-refractivity contribution in [3.8, 4) is 0 Å². The van der Waals surface area contributed by atoms with Gasteiger partial charge < -0.3 is 5.32 Å². The van der Waals surface area contributed by atoms with Crippen LogP contribution in [-0.2, 0) is 6.54 Å². The monoisotopic (exact) mass is 328 g/mol. The molecule has 19 heavy (non-hydrogen) atoms. The molecular formula is C15H22BrFN2. The van der Waals surface area contributed by atoms with Gasteiger partial charge in [0, 0.05) is 19.1 Å². The first-order valence-corrected chi connectivity index (χ1v) is 7.88. The van der Waals surface area contributed by atoms with E-state index in [9.17, 15) is 4.39 Å².